The molecule has 0 atom stereocenters. The Bertz CT molecular complexity index is 374. The molecule has 0 fully saturated rings. The highest BCUT2D eigenvalue weighted by atomic mass is 16.5. The van der Waals surface area contributed by atoms with E-state index in [1.807, 2.05) is 0 Å². The van der Waals surface area contributed by atoms with Crippen molar-refractivity contribution in [2.75, 3.05) is 51.2 Å². The van der Waals surface area contributed by atoms with Crippen LogP contribution < -0.4 is 10.6 Å². The molecule has 0 bridgehead atoms. The van der Waals surface area contributed by atoms with E-state index in [4.69, 9.17) is 15.2 Å². The Morgan fingerprint density at radius 2 is 1.89 bits per heavy atom. The van der Waals surface area contributed by atoms with Gasteiger partial charge >= 0.3 is 0 Å². The molecule has 0 aliphatic carbocycles. The minimum atomic E-state index is 0.557. The molecule has 19 heavy (non-hydrogen) atoms. The molecule has 1 rings (SSSR count). The van der Waals surface area contributed by atoms with Crippen LogP contribution >= 0.6 is 0 Å². The molecule has 1 aromatic rings. The fourth-order valence-electron chi connectivity index (χ4n) is 1.95. The molecule has 1 aromatic heterocycles. The minimum Gasteiger partial charge on any atom is -0.385 e. The van der Waals surface area contributed by atoms with E-state index in [0.29, 0.717) is 12.4 Å². The first kappa shape index (κ1) is 15.7. The maximum atomic E-state index is 5.92. The monoisotopic (exact) mass is 268 g/mol. The van der Waals surface area contributed by atoms with Crippen molar-refractivity contribution in [3.8, 4) is 0 Å². The molecule has 6 nitrogen and oxygen atoms in total. The van der Waals surface area contributed by atoms with Gasteiger partial charge in [0.05, 0.1) is 6.61 Å². The molecule has 0 aliphatic heterocycles. The lowest BCUT2D eigenvalue weighted by molar-refractivity contribution is 0.191. The Hall–Kier alpha value is -1.40. The first-order valence-electron chi connectivity index (χ1n) is 6.56. The summed E-state index contributed by atoms with van der Waals surface area (Å²) in [7, 11) is 3.40. The zero-order chi connectivity index (χ0) is 14.1. The van der Waals surface area contributed by atoms with E-state index < -0.39 is 0 Å². The second-order valence-corrected chi connectivity index (χ2v) is 4.24. The van der Waals surface area contributed by atoms with E-state index >= 15 is 0 Å². The van der Waals surface area contributed by atoms with Gasteiger partial charge in [0.25, 0.3) is 0 Å². The number of rotatable bonds is 9. The minimum absolute atomic E-state index is 0.557. The third-order valence-electron chi connectivity index (χ3n) is 2.95. The normalized spacial score (nSPS) is 10.7. The summed E-state index contributed by atoms with van der Waals surface area (Å²) in [5.74, 6) is 1.46. The van der Waals surface area contributed by atoms with E-state index in [-0.39, 0.29) is 0 Å². The van der Waals surface area contributed by atoms with Crippen LogP contribution in [0.15, 0.2) is 6.33 Å². The Labute approximate surface area is 114 Å². The number of methoxy groups -OCH3 is 2. The maximum absolute atomic E-state index is 5.92. The van der Waals surface area contributed by atoms with Gasteiger partial charge in [0.2, 0.25) is 0 Å². The van der Waals surface area contributed by atoms with Crippen LogP contribution in [0, 0.1) is 0 Å². The molecule has 0 aromatic carbocycles. The van der Waals surface area contributed by atoms with Crippen LogP contribution in [0.3, 0.4) is 0 Å². The van der Waals surface area contributed by atoms with Gasteiger partial charge < -0.3 is 20.1 Å². The average molecular weight is 268 g/mol. The van der Waals surface area contributed by atoms with Gasteiger partial charge in [0, 0.05) is 39.5 Å². The van der Waals surface area contributed by atoms with E-state index in [2.05, 4.69) is 21.8 Å². The number of aromatic nitrogens is 2. The molecule has 0 unspecified atom stereocenters. The summed E-state index contributed by atoms with van der Waals surface area (Å²) in [5, 5.41) is 0. The summed E-state index contributed by atoms with van der Waals surface area (Å²) < 4.78 is 10.3. The Kier molecular flexibility index (Phi) is 7.14. The number of hydrogen-bond donors (Lipinski definition) is 1. The molecule has 0 radical (unpaired) electrons. The molecule has 0 aliphatic rings. The third-order valence-corrected chi connectivity index (χ3v) is 2.95. The number of nitrogens with zero attached hydrogens (tertiary/aromatic N) is 3. The summed E-state index contributed by atoms with van der Waals surface area (Å²) in [5.41, 5.74) is 6.92. The highest BCUT2D eigenvalue weighted by Gasteiger charge is 2.14. The number of hydrogen-bond acceptors (Lipinski definition) is 6. The van der Waals surface area contributed by atoms with Crippen LogP contribution in [0.5, 0.6) is 0 Å². The van der Waals surface area contributed by atoms with Gasteiger partial charge in [-0.25, -0.2) is 9.97 Å². The zero-order valence-corrected chi connectivity index (χ0v) is 12.1. The third kappa shape index (κ3) is 4.65. The SMILES string of the molecule is CCc1c(N)ncnc1N(CCCOC)CCOC. The first-order chi connectivity index (χ1) is 9.24. The van der Waals surface area contributed by atoms with Crippen LogP contribution in [-0.2, 0) is 15.9 Å². The van der Waals surface area contributed by atoms with Crippen molar-refractivity contribution in [3.63, 3.8) is 0 Å². The van der Waals surface area contributed by atoms with Crippen molar-refractivity contribution in [1.29, 1.82) is 0 Å². The number of anilines is 2. The second-order valence-electron chi connectivity index (χ2n) is 4.24. The largest absolute Gasteiger partial charge is 0.385 e. The molecule has 0 amide bonds. The van der Waals surface area contributed by atoms with E-state index in [9.17, 15) is 0 Å². The molecule has 6 heteroatoms. The summed E-state index contributed by atoms with van der Waals surface area (Å²) in [6.07, 6.45) is 3.27. The lowest BCUT2D eigenvalue weighted by atomic mass is 10.2. The van der Waals surface area contributed by atoms with Crippen molar-refractivity contribution >= 4 is 11.6 Å². The average Bonchev–Trinajstić information content (AvgIpc) is 2.42. The van der Waals surface area contributed by atoms with Crippen molar-refractivity contribution in [2.24, 2.45) is 0 Å². The van der Waals surface area contributed by atoms with Crippen LogP contribution in [0.4, 0.5) is 11.6 Å². The highest BCUT2D eigenvalue weighted by molar-refractivity contribution is 5.56. The quantitative estimate of drug-likeness (QED) is 0.676. The maximum Gasteiger partial charge on any atom is 0.137 e. The van der Waals surface area contributed by atoms with Crippen molar-refractivity contribution in [1.82, 2.24) is 9.97 Å². The van der Waals surface area contributed by atoms with Crippen LogP contribution in [-0.4, -0.2) is 50.5 Å². The molecule has 0 spiro atoms. The highest BCUT2D eigenvalue weighted by Crippen LogP contribution is 2.22. The topological polar surface area (TPSA) is 73.5 Å². The predicted octanol–water partition coefficient (Wildman–Crippen LogP) is 1.11. The summed E-state index contributed by atoms with van der Waals surface area (Å²) in [6, 6.07) is 0. The lowest BCUT2D eigenvalue weighted by Crippen LogP contribution is -2.31. The summed E-state index contributed by atoms with van der Waals surface area (Å²) in [6.45, 7) is 5.08. The van der Waals surface area contributed by atoms with Gasteiger partial charge in [0.15, 0.2) is 0 Å². The molecular formula is C13H24N4O2. The molecule has 0 saturated carbocycles. The molecule has 108 valence electrons. The summed E-state index contributed by atoms with van der Waals surface area (Å²) >= 11 is 0. The smallest absolute Gasteiger partial charge is 0.137 e. The van der Waals surface area contributed by atoms with Crippen molar-refractivity contribution < 1.29 is 9.47 Å². The number of ether oxygens (including phenoxy) is 2. The van der Waals surface area contributed by atoms with Gasteiger partial charge in [-0.1, -0.05) is 6.92 Å². The molecule has 1 heterocycles. The predicted molar refractivity (Wildman–Crippen MR) is 76.4 cm³/mol. The fourth-order valence-corrected chi connectivity index (χ4v) is 1.95. The molecule has 2 N–H and O–H groups in total. The number of nitrogens with two attached hydrogens (primary N) is 1. The van der Waals surface area contributed by atoms with Gasteiger partial charge in [-0.15, -0.1) is 0 Å². The van der Waals surface area contributed by atoms with Gasteiger partial charge in [-0.05, 0) is 12.8 Å². The Morgan fingerprint density at radius 3 is 2.53 bits per heavy atom. The van der Waals surface area contributed by atoms with Gasteiger partial charge in [-0.2, -0.15) is 0 Å². The first-order valence-corrected chi connectivity index (χ1v) is 6.56. The standard InChI is InChI=1S/C13H24N4O2/c1-4-11-12(14)15-10-16-13(11)17(7-9-19-3)6-5-8-18-2/h10H,4-9H2,1-3H3,(H2,14,15,16). The van der Waals surface area contributed by atoms with E-state index in [1.165, 1.54) is 6.33 Å². The van der Waals surface area contributed by atoms with Gasteiger partial charge in [0.1, 0.15) is 18.0 Å². The zero-order valence-electron chi connectivity index (χ0n) is 12.1. The number of nitrogen functional groups attached to an aromatic ring is 1. The van der Waals surface area contributed by atoms with Gasteiger partial charge in [-0.3, -0.25) is 0 Å². The molecular weight excluding hydrogens is 244 g/mol. The second kappa shape index (κ2) is 8.66. The lowest BCUT2D eigenvalue weighted by Gasteiger charge is -2.25. The van der Waals surface area contributed by atoms with Crippen molar-refractivity contribution in [2.45, 2.75) is 19.8 Å². The molecule has 0 saturated heterocycles. The van der Waals surface area contributed by atoms with Crippen molar-refractivity contribution in [3.05, 3.63) is 11.9 Å². The van der Waals surface area contributed by atoms with E-state index in [0.717, 1.165) is 43.9 Å². The van der Waals surface area contributed by atoms with Crippen LogP contribution in [0.25, 0.3) is 0 Å². The van der Waals surface area contributed by atoms with Crippen LogP contribution in [0.2, 0.25) is 0 Å². The Morgan fingerprint density at radius 1 is 1.16 bits per heavy atom. The van der Waals surface area contributed by atoms with E-state index in [1.54, 1.807) is 14.2 Å². The fraction of sp³-hybridized carbons (Fsp3) is 0.692. The Balaban J connectivity index is 2.85. The summed E-state index contributed by atoms with van der Waals surface area (Å²) in [4.78, 5) is 10.6. The van der Waals surface area contributed by atoms with Crippen LogP contribution in [0.1, 0.15) is 18.9 Å².